The van der Waals surface area contributed by atoms with Gasteiger partial charge in [0.05, 0.1) is 0 Å². The molecule has 0 atom stereocenters. The summed E-state index contributed by atoms with van der Waals surface area (Å²) in [7, 11) is 0. The van der Waals surface area contributed by atoms with Gasteiger partial charge >= 0.3 is 0 Å². The van der Waals surface area contributed by atoms with Crippen LogP contribution < -0.4 is 0 Å². The van der Waals surface area contributed by atoms with Crippen molar-refractivity contribution in [3.05, 3.63) is 29.8 Å². The Morgan fingerprint density at radius 2 is 0.750 bits per heavy atom. The number of halogens is 1. The first kappa shape index (κ1) is 25.8. The molecule has 0 saturated heterocycles. The van der Waals surface area contributed by atoms with Gasteiger partial charge in [-0.25, -0.2) is 0 Å². The van der Waals surface area contributed by atoms with Crippen LogP contribution in [-0.4, -0.2) is 0.594 Å². The Balaban J connectivity index is -0.00000000762. The molecule has 0 rings (SSSR count). The van der Waals surface area contributed by atoms with Gasteiger partial charge in [-0.15, -0.1) is 23.8 Å². The van der Waals surface area contributed by atoms with Crippen molar-refractivity contribution in [1.82, 2.24) is 0 Å². The van der Waals surface area contributed by atoms with E-state index in [2.05, 4.69) is 0 Å². The van der Waals surface area contributed by atoms with Crippen molar-refractivity contribution < 1.29 is 0 Å². The van der Waals surface area contributed by atoms with E-state index in [9.17, 15) is 0 Å². The first-order chi connectivity index (χ1) is 4.00. The lowest BCUT2D eigenvalue weighted by atomic mass is 12.0. The molecular weight excluding hydrogens is 235 g/mol. The third-order valence-corrected chi connectivity index (χ3v) is 0. The highest BCUT2D eigenvalue weighted by Gasteiger charge is 0.711. The van der Waals surface area contributed by atoms with Crippen molar-refractivity contribution in [3.63, 3.8) is 0 Å². The molecule has 0 aromatic carbocycles. The predicted octanol–water partition coefficient (Wildman–Crippen LogP) is 1.46. The Labute approximate surface area is 62.2 Å². The normalized spacial score (nSPS) is 2.38. The molecule has 0 aromatic heterocycles. The van der Waals surface area contributed by atoms with Gasteiger partial charge in [-0.3, -0.25) is 0 Å². The molecule has 7 heteroatoms. The van der Waals surface area contributed by atoms with Crippen molar-refractivity contribution >= 4 is 23.8 Å². The summed E-state index contributed by atoms with van der Waals surface area (Å²) in [5, 5.41) is 0. The van der Waals surface area contributed by atoms with Crippen LogP contribution in [0.2, 0.25) is 0 Å². The molecule has 0 heterocycles. The second kappa shape index (κ2) is 904. The second-order valence-electron chi connectivity index (χ2n) is 0. The van der Waals surface area contributed by atoms with Crippen LogP contribution >= 0.6 is 23.8 Å². The Morgan fingerprint density at radius 1 is 0.750 bits per heavy atom. The van der Waals surface area contributed by atoms with Gasteiger partial charge in [0.2, 0.25) is 0 Å². The maximum atomic E-state index is 7.00. The van der Waals surface area contributed by atoms with Gasteiger partial charge in [0, 0.05) is 29.8 Å². The predicted molar refractivity (Wildman–Crippen MR) is 42.3 cm³/mol. The summed E-state index contributed by atoms with van der Waals surface area (Å²) in [4.78, 5) is 42.0. The lowest BCUT2D eigenvalue weighted by Gasteiger charge is -0.707. The molecule has 0 spiro atoms. The standard InChI is InChI=1S/CH4.HI.3O2/c;;3*1-2/h1H4;1H;;;/i/hD. The van der Waals surface area contributed by atoms with Gasteiger partial charge in [-0.05, 0) is 0 Å². The third kappa shape index (κ3) is 514. The third-order valence-electron chi connectivity index (χ3n) is 0. The van der Waals surface area contributed by atoms with E-state index in [-0.39, 0.29) is 7.43 Å². The molecule has 0 bridgehead atoms. The largest absolute Gasteiger partial charge is 0.107 e. The summed E-state index contributed by atoms with van der Waals surface area (Å²) < 4.78 is 5.72. The summed E-state index contributed by atoms with van der Waals surface area (Å²) in [5.74, 6) is 0. The summed E-state index contributed by atoms with van der Waals surface area (Å²) in [5.41, 5.74) is 0. The van der Waals surface area contributed by atoms with E-state index in [1.54, 1.807) is 0 Å². The van der Waals surface area contributed by atoms with E-state index in [1.807, 2.05) is 0 Å². The molecule has 0 unspecified atom stereocenters. The molecule has 0 aromatic rings. The molecule has 0 aliphatic carbocycles. The van der Waals surface area contributed by atoms with E-state index in [0.29, 0.717) is 0 Å². The summed E-state index contributed by atoms with van der Waals surface area (Å²) in [6, 6.07) is 0. The van der Waals surface area contributed by atoms with Crippen molar-refractivity contribution in [1.29, 1.82) is 0.594 Å². The highest BCUT2D eigenvalue weighted by molar-refractivity contribution is 14.0. The fourth-order valence-corrected chi connectivity index (χ4v) is 0. The highest BCUT2D eigenvalue weighted by atomic mass is 127. The van der Waals surface area contributed by atoms with Crippen LogP contribution in [0.5, 0.6) is 0 Å². The average Bonchev–Trinajstić information content (AvgIpc) is 2.03. The zero-order valence-corrected chi connectivity index (χ0v) is 4.98. The zero-order valence-electron chi connectivity index (χ0n) is 3.83. The van der Waals surface area contributed by atoms with Gasteiger partial charge in [0.15, 0.2) is 0 Å². The van der Waals surface area contributed by atoms with Gasteiger partial charge in [0.25, 0.3) is 0 Å². The van der Waals surface area contributed by atoms with Crippen LogP contribution in [0.3, 0.4) is 0 Å². The van der Waals surface area contributed by atoms with Crippen molar-refractivity contribution in [3.8, 4) is 0 Å². The van der Waals surface area contributed by atoms with Gasteiger partial charge in [0.1, 0.15) is 0.594 Å². The summed E-state index contributed by atoms with van der Waals surface area (Å²) in [6.45, 7) is 0. The Bertz CT molecular complexity index is 17.8. The zero-order chi connectivity index (χ0) is 8.00. The summed E-state index contributed by atoms with van der Waals surface area (Å²) in [6.07, 6.45) is 0. The Morgan fingerprint density at radius 3 is 0.750 bits per heavy atom. The van der Waals surface area contributed by atoms with E-state index in [4.69, 9.17) is 30.4 Å². The lowest BCUT2D eigenvalue weighted by Crippen LogP contribution is -0.674. The van der Waals surface area contributed by atoms with Gasteiger partial charge in [-0.1, -0.05) is 7.43 Å². The Hall–Kier alpha value is -0.470. The van der Waals surface area contributed by atoms with Crippen LogP contribution in [-0.2, 0) is 0 Å². The lowest BCUT2D eigenvalue weighted by molar-refractivity contribution is 2.50. The molecule has 6 nitrogen and oxygen atoms in total. The first-order valence-corrected chi connectivity index (χ1v) is 0.500. The van der Waals surface area contributed by atoms with Crippen LogP contribution in [0, 0.1) is 29.8 Å². The van der Waals surface area contributed by atoms with Crippen LogP contribution in [0.25, 0.3) is 0 Å². The van der Waals surface area contributed by atoms with Crippen molar-refractivity contribution in [2.24, 2.45) is 0 Å². The Kier molecular flexibility index (Phi) is 2910. The minimum atomic E-state index is 0. The molecule has 8 heavy (non-hydrogen) atoms. The fourth-order valence-electron chi connectivity index (χ4n) is 0. The minimum Gasteiger partial charge on any atom is -0.107 e. The monoisotopic (exact) mass is 241 g/mol. The highest BCUT2D eigenvalue weighted by Crippen LogP contribution is 0.886. The van der Waals surface area contributed by atoms with E-state index in [0.717, 1.165) is 0 Å². The SMILES string of the molecule is C.O=O.O=O.O=O.[2H]I. The number of rotatable bonds is 0. The van der Waals surface area contributed by atoms with E-state index in [1.165, 1.54) is 23.8 Å². The maximum Gasteiger partial charge on any atom is 0.107 e. The van der Waals surface area contributed by atoms with E-state index >= 15 is 0 Å². The summed E-state index contributed by atoms with van der Waals surface area (Å²) >= 11 is 1.40. The molecule has 0 N–H and O–H groups in total. The van der Waals surface area contributed by atoms with E-state index < -0.39 is 0 Å². The second-order valence-corrected chi connectivity index (χ2v) is 0. The average molecular weight is 241 g/mol. The van der Waals surface area contributed by atoms with Gasteiger partial charge < -0.3 is 0 Å². The topological polar surface area (TPSA) is 102 Å². The van der Waals surface area contributed by atoms with Crippen molar-refractivity contribution in [2.45, 2.75) is 7.43 Å². The quantitative estimate of drug-likeness (QED) is 0.594. The first-order valence-electron chi connectivity index (χ1n) is 0.878. The minimum absolute atomic E-state index is 0. The van der Waals surface area contributed by atoms with Crippen LogP contribution in [0.1, 0.15) is 7.43 Å². The van der Waals surface area contributed by atoms with Gasteiger partial charge in [-0.2, -0.15) is 0 Å². The fraction of sp³-hybridized carbons (Fsp3) is 1.00. The number of hydrogen-bond acceptors (Lipinski definition) is 6. The molecule has 0 aliphatic heterocycles. The molecular formula is CH5IO6. The smallest absolute Gasteiger partial charge is 0.107 e. The molecule has 0 fully saturated rings. The maximum absolute atomic E-state index is 7.00. The van der Waals surface area contributed by atoms with Crippen LogP contribution in [0.4, 0.5) is 0 Å². The van der Waals surface area contributed by atoms with Crippen molar-refractivity contribution in [2.75, 3.05) is 0 Å². The number of hydrogen-bond donors (Lipinski definition) is 0. The molecule has 0 saturated carbocycles. The van der Waals surface area contributed by atoms with Crippen LogP contribution in [0.15, 0.2) is 0 Å². The molecule has 0 radical (unpaired) electrons. The molecule has 52 valence electrons. The molecule has 0 amide bonds. The molecule has 0 aliphatic rings.